The van der Waals surface area contributed by atoms with Crippen molar-refractivity contribution in [2.75, 3.05) is 0 Å². The number of nitro groups is 1. The summed E-state index contributed by atoms with van der Waals surface area (Å²) in [5, 5.41) is 38.0. The SMILES string of the molecule is N#Cc1cc(N=Nc2ccc([N+](=O)[O-])cc2S(=O)(=O)C(F)(F)F)c2ccccc2c1O. The topological polar surface area (TPSA) is 146 Å². The van der Waals surface area contributed by atoms with E-state index in [1.165, 1.54) is 12.1 Å². The molecule has 0 spiro atoms. The zero-order chi connectivity index (χ0) is 23.0. The summed E-state index contributed by atoms with van der Waals surface area (Å²) in [6.07, 6.45) is 0. The summed E-state index contributed by atoms with van der Waals surface area (Å²) in [4.78, 5) is 8.39. The normalized spacial score (nSPS) is 12.2. The minimum absolute atomic E-state index is 0.0429. The van der Waals surface area contributed by atoms with Crippen molar-refractivity contribution in [3.63, 3.8) is 0 Å². The molecular formula is C18H9F3N4O5S. The van der Waals surface area contributed by atoms with E-state index in [0.717, 1.165) is 12.1 Å². The fraction of sp³-hybridized carbons (Fsp3) is 0.0556. The number of halogens is 3. The zero-order valence-corrected chi connectivity index (χ0v) is 15.8. The molecule has 0 aliphatic heterocycles. The number of alkyl halides is 3. The molecule has 1 N–H and O–H groups in total. The fourth-order valence-corrected chi connectivity index (χ4v) is 3.56. The number of non-ortho nitro benzene ring substituents is 1. The maximum atomic E-state index is 13.1. The van der Waals surface area contributed by atoms with Gasteiger partial charge < -0.3 is 5.11 Å². The number of rotatable bonds is 4. The molecule has 0 aliphatic carbocycles. The largest absolute Gasteiger partial charge is 0.506 e. The third kappa shape index (κ3) is 3.88. The van der Waals surface area contributed by atoms with E-state index in [0.29, 0.717) is 6.07 Å². The van der Waals surface area contributed by atoms with Crippen molar-refractivity contribution in [1.82, 2.24) is 0 Å². The van der Waals surface area contributed by atoms with E-state index in [1.54, 1.807) is 18.2 Å². The number of azo groups is 1. The number of benzene rings is 3. The third-order valence-corrected chi connectivity index (χ3v) is 5.64. The van der Waals surface area contributed by atoms with Crippen LogP contribution in [-0.4, -0.2) is 24.0 Å². The molecule has 9 nitrogen and oxygen atoms in total. The Hall–Kier alpha value is -4.05. The zero-order valence-electron chi connectivity index (χ0n) is 15.0. The number of hydrogen-bond donors (Lipinski definition) is 1. The van der Waals surface area contributed by atoms with Crippen LogP contribution in [0.3, 0.4) is 0 Å². The lowest BCUT2D eigenvalue weighted by atomic mass is 10.0. The fourth-order valence-electron chi connectivity index (χ4n) is 2.66. The highest BCUT2D eigenvalue weighted by Crippen LogP contribution is 2.40. The molecule has 13 heteroatoms. The van der Waals surface area contributed by atoms with Crippen LogP contribution in [-0.2, 0) is 9.84 Å². The second kappa shape index (κ2) is 7.65. The molecule has 0 bridgehead atoms. The molecule has 3 aromatic carbocycles. The number of phenols is 1. The summed E-state index contributed by atoms with van der Waals surface area (Å²) < 4.78 is 62.9. The Morgan fingerprint density at radius 2 is 1.65 bits per heavy atom. The maximum absolute atomic E-state index is 13.1. The Morgan fingerprint density at radius 1 is 1.03 bits per heavy atom. The van der Waals surface area contributed by atoms with Gasteiger partial charge in [-0.3, -0.25) is 10.1 Å². The summed E-state index contributed by atoms with van der Waals surface area (Å²) >= 11 is 0. The predicted molar refractivity (Wildman–Crippen MR) is 101 cm³/mol. The number of nitriles is 1. The van der Waals surface area contributed by atoms with Crippen molar-refractivity contribution >= 4 is 37.7 Å². The number of hydrogen-bond acceptors (Lipinski definition) is 8. The number of phenolic OH excluding ortho intramolecular Hbond substituents is 1. The predicted octanol–water partition coefficient (Wildman–Crippen LogP) is 5.03. The number of fused-ring (bicyclic) bond motifs is 1. The van der Waals surface area contributed by atoms with Crippen LogP contribution in [0.15, 0.2) is 63.7 Å². The molecule has 31 heavy (non-hydrogen) atoms. The van der Waals surface area contributed by atoms with Crippen molar-refractivity contribution in [1.29, 1.82) is 5.26 Å². The van der Waals surface area contributed by atoms with E-state index in [9.17, 15) is 36.8 Å². The van der Waals surface area contributed by atoms with Gasteiger partial charge in [0.2, 0.25) is 0 Å². The average Bonchev–Trinajstić information content (AvgIpc) is 2.72. The minimum Gasteiger partial charge on any atom is -0.506 e. The van der Waals surface area contributed by atoms with Gasteiger partial charge in [-0.25, -0.2) is 8.42 Å². The van der Waals surface area contributed by atoms with Gasteiger partial charge in [-0.2, -0.15) is 18.4 Å². The van der Waals surface area contributed by atoms with Crippen molar-refractivity contribution in [3.8, 4) is 11.8 Å². The summed E-state index contributed by atoms with van der Waals surface area (Å²) in [6, 6.07) is 10.7. The van der Waals surface area contributed by atoms with E-state index in [-0.39, 0.29) is 33.8 Å². The molecule has 0 amide bonds. The first kappa shape index (κ1) is 21.7. The summed E-state index contributed by atoms with van der Waals surface area (Å²) in [6.45, 7) is 0. The molecule has 0 aliphatic rings. The number of sulfone groups is 1. The van der Waals surface area contributed by atoms with Crippen LogP contribution in [0.4, 0.5) is 30.2 Å². The van der Waals surface area contributed by atoms with Crippen molar-refractivity contribution in [3.05, 3.63) is 64.2 Å². The van der Waals surface area contributed by atoms with E-state index in [4.69, 9.17) is 5.26 Å². The number of nitro benzene ring substituents is 1. The average molecular weight is 450 g/mol. The van der Waals surface area contributed by atoms with Gasteiger partial charge in [0.15, 0.2) is 0 Å². The monoisotopic (exact) mass is 450 g/mol. The standard InChI is InChI=1S/C18H9F3N4O5S/c19-18(20,21)31(29,30)16-8-11(25(27)28)5-6-14(16)23-24-15-7-10(9-22)17(26)13-4-2-1-3-12(13)15/h1-8,26H. The minimum atomic E-state index is -5.98. The van der Waals surface area contributed by atoms with Gasteiger partial charge in [-0.05, 0) is 12.1 Å². The van der Waals surface area contributed by atoms with Crippen LogP contribution in [0.1, 0.15) is 5.56 Å². The molecule has 0 unspecified atom stereocenters. The van der Waals surface area contributed by atoms with Gasteiger partial charge in [0.25, 0.3) is 15.5 Å². The van der Waals surface area contributed by atoms with Crippen LogP contribution in [0.2, 0.25) is 0 Å². The molecule has 0 saturated heterocycles. The van der Waals surface area contributed by atoms with Gasteiger partial charge >= 0.3 is 5.51 Å². The van der Waals surface area contributed by atoms with Crippen molar-refractivity contribution in [2.45, 2.75) is 10.4 Å². The van der Waals surface area contributed by atoms with Crippen LogP contribution < -0.4 is 0 Å². The second-order valence-corrected chi connectivity index (χ2v) is 7.92. The molecule has 158 valence electrons. The van der Waals surface area contributed by atoms with Crippen LogP contribution in [0, 0.1) is 21.4 Å². The quantitative estimate of drug-likeness (QED) is 0.335. The van der Waals surface area contributed by atoms with E-state index in [1.807, 2.05) is 0 Å². The molecule has 3 rings (SSSR count). The number of nitrogens with zero attached hydrogens (tertiary/aromatic N) is 4. The molecule has 0 fully saturated rings. The van der Waals surface area contributed by atoms with Crippen LogP contribution in [0.5, 0.6) is 5.75 Å². The smallest absolute Gasteiger partial charge is 0.501 e. The Labute approximate surface area is 171 Å². The molecule has 0 heterocycles. The summed E-state index contributed by atoms with van der Waals surface area (Å²) in [5.41, 5.74) is -7.65. The molecular weight excluding hydrogens is 441 g/mol. The van der Waals surface area contributed by atoms with Crippen molar-refractivity contribution in [2.24, 2.45) is 10.2 Å². The highest BCUT2D eigenvalue weighted by Gasteiger charge is 2.48. The van der Waals surface area contributed by atoms with Gasteiger partial charge in [-0.1, -0.05) is 24.3 Å². The molecule has 3 aromatic rings. The van der Waals surface area contributed by atoms with E-state index >= 15 is 0 Å². The Morgan fingerprint density at radius 3 is 2.23 bits per heavy atom. The first-order valence-electron chi connectivity index (χ1n) is 8.13. The number of aromatic hydroxyl groups is 1. The van der Waals surface area contributed by atoms with Crippen molar-refractivity contribution < 1.29 is 31.6 Å². The lowest BCUT2D eigenvalue weighted by Gasteiger charge is -2.10. The first-order chi connectivity index (χ1) is 14.5. The maximum Gasteiger partial charge on any atom is 0.501 e. The highest BCUT2D eigenvalue weighted by atomic mass is 32.2. The van der Waals surface area contributed by atoms with Crippen LogP contribution >= 0.6 is 0 Å². The van der Waals surface area contributed by atoms with E-state index in [2.05, 4.69) is 10.2 Å². The first-order valence-corrected chi connectivity index (χ1v) is 9.62. The van der Waals surface area contributed by atoms with Gasteiger partial charge in [0.05, 0.1) is 16.2 Å². The third-order valence-electron chi connectivity index (χ3n) is 4.13. The Kier molecular flexibility index (Phi) is 5.34. The van der Waals surface area contributed by atoms with Gasteiger partial charge in [0, 0.05) is 22.9 Å². The molecule has 0 saturated carbocycles. The summed E-state index contributed by atoms with van der Waals surface area (Å²) in [5.74, 6) is -0.340. The summed E-state index contributed by atoms with van der Waals surface area (Å²) in [7, 11) is -5.98. The lowest BCUT2D eigenvalue weighted by molar-refractivity contribution is -0.385. The molecule has 0 radical (unpaired) electrons. The van der Waals surface area contributed by atoms with E-state index < -0.39 is 36.5 Å². The molecule has 0 atom stereocenters. The lowest BCUT2D eigenvalue weighted by Crippen LogP contribution is -2.23. The Bertz CT molecular complexity index is 1400. The second-order valence-electron chi connectivity index (χ2n) is 6.01. The van der Waals surface area contributed by atoms with Gasteiger partial charge in [0.1, 0.15) is 22.4 Å². The Balaban J connectivity index is 2.24. The van der Waals surface area contributed by atoms with Gasteiger partial charge in [-0.15, -0.1) is 10.2 Å². The highest BCUT2D eigenvalue weighted by molar-refractivity contribution is 7.92. The molecule has 0 aromatic heterocycles. The van der Waals surface area contributed by atoms with Crippen LogP contribution in [0.25, 0.3) is 10.8 Å².